The fourth-order valence-corrected chi connectivity index (χ4v) is 5.66. The number of carbonyl (C=O) groups excluding carboxylic acids is 1. The van der Waals surface area contributed by atoms with Crippen molar-refractivity contribution in [3.63, 3.8) is 0 Å². The first-order valence-corrected chi connectivity index (χ1v) is 13.0. The number of ether oxygens (including phenoxy) is 4. The van der Waals surface area contributed by atoms with Gasteiger partial charge in [0.2, 0.25) is 5.91 Å². The lowest BCUT2D eigenvalue weighted by Gasteiger charge is -2.36. The molecular formula is C28H37N3O5. The predicted octanol–water partition coefficient (Wildman–Crippen LogP) is 3.18. The number of methoxy groups -OCH3 is 2. The lowest BCUT2D eigenvalue weighted by atomic mass is 9.87. The van der Waals surface area contributed by atoms with Crippen molar-refractivity contribution in [1.29, 1.82) is 0 Å². The summed E-state index contributed by atoms with van der Waals surface area (Å²) in [6, 6.07) is 12.2. The first kappa shape index (κ1) is 24.7. The number of carbonyl (C=O) groups is 1. The van der Waals surface area contributed by atoms with Crippen molar-refractivity contribution in [2.24, 2.45) is 0 Å². The minimum atomic E-state index is -0.317. The van der Waals surface area contributed by atoms with E-state index in [4.69, 9.17) is 18.9 Å². The van der Waals surface area contributed by atoms with Gasteiger partial charge in [-0.2, -0.15) is 0 Å². The predicted molar refractivity (Wildman–Crippen MR) is 137 cm³/mol. The van der Waals surface area contributed by atoms with Crippen LogP contribution >= 0.6 is 0 Å². The molecule has 1 saturated carbocycles. The van der Waals surface area contributed by atoms with Crippen LogP contribution in [0.2, 0.25) is 0 Å². The minimum absolute atomic E-state index is 0.0973. The number of piperazine rings is 1. The standard InChI is InChI=1S/C28H37N3O5/c1-33-23-7-5-21(17-25(23)34-2)19-30-11-13-31(14-12-30)20-27(32)29-28(9-3-4-10-28)22-6-8-24-26(18-22)36-16-15-35-24/h5-8,17-18H,3-4,9-16,19-20H2,1-2H3,(H,29,32). The maximum atomic E-state index is 13.2. The van der Waals surface area contributed by atoms with Crippen LogP contribution in [0.4, 0.5) is 0 Å². The summed E-state index contributed by atoms with van der Waals surface area (Å²) in [5.74, 6) is 3.16. The summed E-state index contributed by atoms with van der Waals surface area (Å²) >= 11 is 0. The molecule has 0 bridgehead atoms. The molecule has 1 saturated heterocycles. The molecule has 0 unspecified atom stereocenters. The van der Waals surface area contributed by atoms with E-state index in [0.29, 0.717) is 19.8 Å². The van der Waals surface area contributed by atoms with Gasteiger partial charge in [-0.05, 0) is 48.2 Å². The highest BCUT2D eigenvalue weighted by molar-refractivity contribution is 5.79. The van der Waals surface area contributed by atoms with Crippen LogP contribution in [0.25, 0.3) is 0 Å². The number of nitrogens with one attached hydrogen (secondary N) is 1. The Hall–Kier alpha value is -2.97. The Morgan fingerprint density at radius 3 is 2.31 bits per heavy atom. The number of benzene rings is 2. The highest BCUT2D eigenvalue weighted by Gasteiger charge is 2.38. The third-order valence-electron chi connectivity index (χ3n) is 7.62. The SMILES string of the molecule is COc1ccc(CN2CCN(CC(=O)NC3(c4ccc5c(c4)OCCO5)CCCC3)CC2)cc1OC. The van der Waals surface area contributed by atoms with Crippen molar-refractivity contribution in [2.45, 2.75) is 37.8 Å². The van der Waals surface area contributed by atoms with Crippen LogP contribution in [0, 0.1) is 0 Å². The van der Waals surface area contributed by atoms with Crippen LogP contribution in [0.5, 0.6) is 23.0 Å². The summed E-state index contributed by atoms with van der Waals surface area (Å²) in [6.07, 6.45) is 4.14. The van der Waals surface area contributed by atoms with Gasteiger partial charge in [-0.1, -0.05) is 25.0 Å². The smallest absolute Gasteiger partial charge is 0.234 e. The molecule has 1 amide bonds. The second-order valence-corrected chi connectivity index (χ2v) is 9.94. The van der Waals surface area contributed by atoms with E-state index in [2.05, 4.69) is 33.3 Å². The number of nitrogens with zero attached hydrogens (tertiary/aromatic N) is 2. The number of hydrogen-bond acceptors (Lipinski definition) is 7. The molecule has 8 heteroatoms. The van der Waals surface area contributed by atoms with Gasteiger partial charge >= 0.3 is 0 Å². The fraction of sp³-hybridized carbons (Fsp3) is 0.536. The Morgan fingerprint density at radius 2 is 1.58 bits per heavy atom. The first-order chi connectivity index (χ1) is 17.6. The van der Waals surface area contributed by atoms with E-state index in [0.717, 1.165) is 87.0 Å². The Labute approximate surface area is 213 Å². The summed E-state index contributed by atoms with van der Waals surface area (Å²) in [6.45, 7) is 6.02. The summed E-state index contributed by atoms with van der Waals surface area (Å²) < 4.78 is 22.3. The summed E-state index contributed by atoms with van der Waals surface area (Å²) in [4.78, 5) is 17.9. The molecule has 36 heavy (non-hydrogen) atoms. The average molecular weight is 496 g/mol. The monoisotopic (exact) mass is 495 g/mol. The Kier molecular flexibility index (Phi) is 7.53. The van der Waals surface area contributed by atoms with Crippen molar-refractivity contribution in [1.82, 2.24) is 15.1 Å². The van der Waals surface area contributed by atoms with Gasteiger partial charge in [0.15, 0.2) is 23.0 Å². The molecule has 1 N–H and O–H groups in total. The second kappa shape index (κ2) is 11.0. The summed E-state index contributed by atoms with van der Waals surface area (Å²) in [5, 5.41) is 3.42. The van der Waals surface area contributed by atoms with E-state index in [1.807, 2.05) is 18.2 Å². The molecule has 2 fully saturated rings. The van der Waals surface area contributed by atoms with Crippen molar-refractivity contribution in [3.8, 4) is 23.0 Å². The van der Waals surface area contributed by atoms with Gasteiger partial charge < -0.3 is 24.3 Å². The highest BCUT2D eigenvalue weighted by Crippen LogP contribution is 2.42. The largest absolute Gasteiger partial charge is 0.493 e. The number of fused-ring (bicyclic) bond motifs is 1. The molecule has 2 heterocycles. The molecule has 3 aliphatic rings. The topological polar surface area (TPSA) is 72.5 Å². The minimum Gasteiger partial charge on any atom is -0.493 e. The van der Waals surface area contributed by atoms with Crippen LogP contribution in [0.3, 0.4) is 0 Å². The van der Waals surface area contributed by atoms with Crippen molar-refractivity contribution < 1.29 is 23.7 Å². The first-order valence-electron chi connectivity index (χ1n) is 13.0. The fourth-order valence-electron chi connectivity index (χ4n) is 5.66. The molecular weight excluding hydrogens is 458 g/mol. The van der Waals surface area contributed by atoms with Gasteiger partial charge in [0.05, 0.1) is 26.3 Å². The van der Waals surface area contributed by atoms with Gasteiger partial charge in [0, 0.05) is 32.7 Å². The van der Waals surface area contributed by atoms with E-state index in [9.17, 15) is 4.79 Å². The zero-order valence-electron chi connectivity index (χ0n) is 21.4. The van der Waals surface area contributed by atoms with Crippen molar-refractivity contribution >= 4 is 5.91 Å². The van der Waals surface area contributed by atoms with Crippen LogP contribution < -0.4 is 24.3 Å². The van der Waals surface area contributed by atoms with E-state index >= 15 is 0 Å². The Bertz CT molecular complexity index is 1060. The quantitative estimate of drug-likeness (QED) is 0.603. The van der Waals surface area contributed by atoms with Crippen LogP contribution in [0.15, 0.2) is 36.4 Å². The third-order valence-corrected chi connectivity index (χ3v) is 7.62. The maximum Gasteiger partial charge on any atom is 0.234 e. The number of rotatable bonds is 8. The summed E-state index contributed by atoms with van der Waals surface area (Å²) in [5.41, 5.74) is 2.00. The van der Waals surface area contributed by atoms with E-state index in [-0.39, 0.29) is 11.4 Å². The molecule has 0 atom stereocenters. The van der Waals surface area contributed by atoms with Crippen LogP contribution in [-0.2, 0) is 16.9 Å². The zero-order valence-corrected chi connectivity index (χ0v) is 21.4. The second-order valence-electron chi connectivity index (χ2n) is 9.94. The zero-order chi connectivity index (χ0) is 25.0. The molecule has 194 valence electrons. The molecule has 1 aliphatic carbocycles. The Balaban J connectivity index is 1.15. The van der Waals surface area contributed by atoms with E-state index in [1.54, 1.807) is 14.2 Å². The average Bonchev–Trinajstić information content (AvgIpc) is 3.39. The Morgan fingerprint density at radius 1 is 0.889 bits per heavy atom. The van der Waals surface area contributed by atoms with Gasteiger partial charge in [-0.25, -0.2) is 0 Å². The highest BCUT2D eigenvalue weighted by atomic mass is 16.6. The molecule has 0 radical (unpaired) electrons. The van der Waals surface area contributed by atoms with Gasteiger partial charge in [-0.15, -0.1) is 0 Å². The van der Waals surface area contributed by atoms with Gasteiger partial charge in [0.1, 0.15) is 13.2 Å². The van der Waals surface area contributed by atoms with Crippen molar-refractivity contribution in [2.75, 3.05) is 60.2 Å². The molecule has 2 aromatic carbocycles. The van der Waals surface area contributed by atoms with Crippen LogP contribution in [0.1, 0.15) is 36.8 Å². The van der Waals surface area contributed by atoms with E-state index in [1.165, 1.54) is 5.56 Å². The van der Waals surface area contributed by atoms with Gasteiger partial charge in [-0.3, -0.25) is 14.6 Å². The summed E-state index contributed by atoms with van der Waals surface area (Å²) in [7, 11) is 3.31. The molecule has 5 rings (SSSR count). The van der Waals surface area contributed by atoms with Crippen LogP contribution in [-0.4, -0.2) is 75.9 Å². The normalized spacial score (nSPS) is 19.6. The molecule has 2 aromatic rings. The lowest BCUT2D eigenvalue weighted by molar-refractivity contribution is -0.124. The molecule has 8 nitrogen and oxygen atoms in total. The van der Waals surface area contributed by atoms with Gasteiger partial charge in [0.25, 0.3) is 0 Å². The number of hydrogen-bond donors (Lipinski definition) is 1. The van der Waals surface area contributed by atoms with E-state index < -0.39 is 0 Å². The van der Waals surface area contributed by atoms with Crippen molar-refractivity contribution in [3.05, 3.63) is 47.5 Å². The lowest BCUT2D eigenvalue weighted by Crippen LogP contribution is -2.52. The third kappa shape index (κ3) is 5.39. The molecule has 0 aromatic heterocycles. The molecule has 0 spiro atoms. The molecule has 2 aliphatic heterocycles. The number of amides is 1. The maximum absolute atomic E-state index is 13.2.